The zero-order chi connectivity index (χ0) is 22.9. The Morgan fingerprint density at radius 3 is 2.41 bits per heavy atom. The van der Waals surface area contributed by atoms with Crippen molar-refractivity contribution in [3.05, 3.63) is 47.3 Å². The van der Waals surface area contributed by atoms with Crippen molar-refractivity contribution in [2.75, 3.05) is 20.1 Å². The lowest BCUT2D eigenvalue weighted by Gasteiger charge is -2.38. The normalized spacial score (nSPS) is 24.9. The van der Waals surface area contributed by atoms with Gasteiger partial charge in [-0.1, -0.05) is 35.5 Å². The highest BCUT2D eigenvalue weighted by atomic mass is 32.2. The van der Waals surface area contributed by atoms with Crippen LogP contribution in [0.3, 0.4) is 0 Å². The first-order valence-corrected chi connectivity index (χ1v) is 13.0. The summed E-state index contributed by atoms with van der Waals surface area (Å²) in [4.78, 5) is 15.3. The van der Waals surface area contributed by atoms with Crippen molar-refractivity contribution in [2.45, 2.75) is 69.2 Å². The van der Waals surface area contributed by atoms with Crippen LogP contribution in [-0.2, 0) is 14.8 Å². The molecule has 1 saturated carbocycles. The Bertz CT molecular complexity index is 1020. The number of carbonyl (C=O) groups excluding carboxylic acids is 1. The van der Waals surface area contributed by atoms with Gasteiger partial charge in [-0.25, -0.2) is 8.42 Å². The smallest absolute Gasteiger partial charge is 0.248 e. The Hall–Kier alpha value is -2.19. The van der Waals surface area contributed by atoms with Crippen LogP contribution in [-0.4, -0.2) is 54.9 Å². The molecule has 1 aromatic carbocycles. The fraction of sp³-hybridized carbons (Fsp3) is 0.583. The van der Waals surface area contributed by atoms with E-state index in [2.05, 4.69) is 29.4 Å². The molecule has 0 N–H and O–H groups in total. The minimum atomic E-state index is -3.73. The standard InChI is InChI=1S/C24H33N3O4S/c1-17-23(18(2)31-25-17)32(29,30)27-15-7-10-21(16-27)24(28)26(3)22-13-11-20(12-14-22)19-8-5-4-6-9-19/h4-6,8-9,20-22H,7,10-16H2,1-3H3. The van der Waals surface area contributed by atoms with Gasteiger partial charge in [-0.3, -0.25) is 4.79 Å². The van der Waals surface area contributed by atoms with Gasteiger partial charge in [-0.15, -0.1) is 0 Å². The summed E-state index contributed by atoms with van der Waals surface area (Å²) in [6.45, 7) is 3.88. The minimum Gasteiger partial charge on any atom is -0.360 e. The van der Waals surface area contributed by atoms with Crippen LogP contribution in [0.4, 0.5) is 0 Å². The molecule has 1 aliphatic heterocycles. The molecule has 1 saturated heterocycles. The summed E-state index contributed by atoms with van der Waals surface area (Å²) in [5, 5.41) is 3.79. The van der Waals surface area contributed by atoms with E-state index in [0.29, 0.717) is 30.3 Å². The fourth-order valence-corrected chi connectivity index (χ4v) is 7.14. The van der Waals surface area contributed by atoms with E-state index < -0.39 is 10.0 Å². The van der Waals surface area contributed by atoms with Crippen LogP contribution < -0.4 is 0 Å². The van der Waals surface area contributed by atoms with E-state index in [4.69, 9.17) is 4.52 Å². The number of aromatic nitrogens is 1. The van der Waals surface area contributed by atoms with Crippen LogP contribution in [0.25, 0.3) is 0 Å². The highest BCUT2D eigenvalue weighted by Crippen LogP contribution is 2.35. The maximum absolute atomic E-state index is 13.3. The average Bonchev–Trinajstić information content (AvgIpc) is 3.17. The number of hydrogen-bond donors (Lipinski definition) is 0. The second-order valence-corrected chi connectivity index (χ2v) is 11.1. The number of carbonyl (C=O) groups is 1. The molecule has 1 aromatic heterocycles. The molecule has 0 bridgehead atoms. The van der Waals surface area contributed by atoms with Gasteiger partial charge in [0.1, 0.15) is 10.6 Å². The Kier molecular flexibility index (Phi) is 6.72. The van der Waals surface area contributed by atoms with E-state index in [1.165, 1.54) is 9.87 Å². The predicted octanol–water partition coefficient (Wildman–Crippen LogP) is 3.88. The third-order valence-electron chi connectivity index (χ3n) is 7.16. The van der Waals surface area contributed by atoms with Crippen molar-refractivity contribution in [3.63, 3.8) is 0 Å². The molecule has 1 unspecified atom stereocenters. The molecule has 2 heterocycles. The number of piperidine rings is 1. The van der Waals surface area contributed by atoms with Gasteiger partial charge < -0.3 is 9.42 Å². The number of benzene rings is 1. The summed E-state index contributed by atoms with van der Waals surface area (Å²) >= 11 is 0. The molecule has 1 atom stereocenters. The topological polar surface area (TPSA) is 83.7 Å². The van der Waals surface area contributed by atoms with Gasteiger partial charge in [0.2, 0.25) is 15.9 Å². The summed E-state index contributed by atoms with van der Waals surface area (Å²) in [6, 6.07) is 10.8. The van der Waals surface area contributed by atoms with Gasteiger partial charge in [0, 0.05) is 26.2 Å². The van der Waals surface area contributed by atoms with Gasteiger partial charge in [-0.05, 0) is 63.9 Å². The van der Waals surface area contributed by atoms with Gasteiger partial charge >= 0.3 is 0 Å². The maximum Gasteiger partial charge on any atom is 0.248 e. The first-order chi connectivity index (χ1) is 15.3. The second kappa shape index (κ2) is 9.35. The van der Waals surface area contributed by atoms with Crippen LogP contribution in [0.5, 0.6) is 0 Å². The monoisotopic (exact) mass is 459 g/mol. The quantitative estimate of drug-likeness (QED) is 0.678. The molecule has 174 valence electrons. The van der Waals surface area contributed by atoms with Crippen molar-refractivity contribution >= 4 is 15.9 Å². The number of sulfonamides is 1. The Labute approximate surface area is 190 Å². The van der Waals surface area contributed by atoms with Gasteiger partial charge in [0.05, 0.1) is 5.92 Å². The second-order valence-electron chi connectivity index (χ2n) is 9.22. The SMILES string of the molecule is Cc1noc(C)c1S(=O)(=O)N1CCCC(C(=O)N(C)C2CCC(c3ccccc3)CC2)C1. The molecule has 2 fully saturated rings. The highest BCUT2D eigenvalue weighted by Gasteiger charge is 2.38. The molecule has 0 spiro atoms. The summed E-state index contributed by atoms with van der Waals surface area (Å²) in [6.07, 6.45) is 5.50. The average molecular weight is 460 g/mol. The van der Waals surface area contributed by atoms with Crippen molar-refractivity contribution in [1.82, 2.24) is 14.4 Å². The van der Waals surface area contributed by atoms with Crippen LogP contribution in [0.1, 0.15) is 61.5 Å². The summed E-state index contributed by atoms with van der Waals surface area (Å²) < 4.78 is 32.9. The number of hydrogen-bond acceptors (Lipinski definition) is 5. The van der Waals surface area contributed by atoms with Crippen LogP contribution in [0.15, 0.2) is 39.8 Å². The first kappa shape index (κ1) is 23.0. The van der Waals surface area contributed by atoms with Gasteiger partial charge in [0.25, 0.3) is 0 Å². The lowest BCUT2D eigenvalue weighted by Crippen LogP contribution is -2.48. The van der Waals surface area contributed by atoms with Crippen molar-refractivity contribution in [3.8, 4) is 0 Å². The van der Waals surface area contributed by atoms with E-state index in [1.54, 1.807) is 13.8 Å². The number of amides is 1. The van der Waals surface area contributed by atoms with Crippen molar-refractivity contribution < 1.29 is 17.7 Å². The van der Waals surface area contributed by atoms with E-state index in [0.717, 1.165) is 32.1 Å². The lowest BCUT2D eigenvalue weighted by molar-refractivity contribution is -0.138. The fourth-order valence-electron chi connectivity index (χ4n) is 5.32. The van der Waals surface area contributed by atoms with Crippen LogP contribution in [0, 0.1) is 19.8 Å². The van der Waals surface area contributed by atoms with Crippen LogP contribution in [0.2, 0.25) is 0 Å². The van der Waals surface area contributed by atoms with Gasteiger partial charge in [-0.2, -0.15) is 4.31 Å². The van der Waals surface area contributed by atoms with E-state index in [9.17, 15) is 13.2 Å². The third-order valence-corrected chi connectivity index (χ3v) is 9.27. The van der Waals surface area contributed by atoms with E-state index in [1.807, 2.05) is 18.0 Å². The number of aryl methyl sites for hydroxylation is 2. The van der Waals surface area contributed by atoms with Gasteiger partial charge in [0.15, 0.2) is 5.76 Å². The van der Waals surface area contributed by atoms with Crippen molar-refractivity contribution in [1.29, 1.82) is 0 Å². The molecule has 1 aliphatic carbocycles. The minimum absolute atomic E-state index is 0.0619. The number of nitrogens with zero attached hydrogens (tertiary/aromatic N) is 3. The lowest BCUT2D eigenvalue weighted by atomic mass is 9.81. The van der Waals surface area contributed by atoms with E-state index in [-0.39, 0.29) is 29.3 Å². The highest BCUT2D eigenvalue weighted by molar-refractivity contribution is 7.89. The zero-order valence-corrected chi connectivity index (χ0v) is 20.0. The molecule has 8 heteroatoms. The molecule has 2 aliphatic rings. The summed E-state index contributed by atoms with van der Waals surface area (Å²) in [5.74, 6) is 0.604. The predicted molar refractivity (Wildman–Crippen MR) is 122 cm³/mol. The maximum atomic E-state index is 13.3. The first-order valence-electron chi connectivity index (χ1n) is 11.5. The summed E-state index contributed by atoms with van der Waals surface area (Å²) in [5.41, 5.74) is 1.75. The molecule has 7 nitrogen and oxygen atoms in total. The molecule has 4 rings (SSSR count). The molecular formula is C24H33N3O4S. The van der Waals surface area contributed by atoms with E-state index >= 15 is 0 Å². The molecule has 0 radical (unpaired) electrons. The largest absolute Gasteiger partial charge is 0.360 e. The molecular weight excluding hydrogens is 426 g/mol. The third kappa shape index (κ3) is 4.48. The summed E-state index contributed by atoms with van der Waals surface area (Å²) in [7, 11) is -1.84. The Balaban J connectivity index is 1.39. The molecule has 32 heavy (non-hydrogen) atoms. The number of rotatable bonds is 5. The molecule has 2 aromatic rings. The van der Waals surface area contributed by atoms with Crippen molar-refractivity contribution in [2.24, 2.45) is 5.92 Å². The Morgan fingerprint density at radius 1 is 1.09 bits per heavy atom. The molecule has 1 amide bonds. The van der Waals surface area contributed by atoms with Crippen LogP contribution >= 0.6 is 0 Å². The Morgan fingerprint density at radius 2 is 1.78 bits per heavy atom. The zero-order valence-electron chi connectivity index (χ0n) is 19.2.